The zero-order chi connectivity index (χ0) is 19.0. The molecule has 2 amide bonds. The Morgan fingerprint density at radius 3 is 2.73 bits per heavy atom. The van der Waals surface area contributed by atoms with E-state index in [1.54, 1.807) is 0 Å². The van der Waals surface area contributed by atoms with Crippen molar-refractivity contribution >= 4 is 17.5 Å². The van der Waals surface area contributed by atoms with E-state index >= 15 is 0 Å². The van der Waals surface area contributed by atoms with Crippen LogP contribution >= 0.6 is 0 Å². The standard InChI is InChI=1S/C18H27N3O5/c1-14(22)20-16-5-3-15(4-6-16)9-21-7-8-26-13-18(24,12-21)11-19-17(23)10-25-2/h3-6,24H,7-13H2,1-2H3,(H,19,23)(H,20,22). The maximum atomic E-state index is 11.6. The van der Waals surface area contributed by atoms with Crippen molar-refractivity contribution in [3.63, 3.8) is 0 Å². The molecular formula is C18H27N3O5. The van der Waals surface area contributed by atoms with Crippen LogP contribution in [-0.2, 0) is 25.6 Å². The summed E-state index contributed by atoms with van der Waals surface area (Å²) in [7, 11) is 1.45. The Labute approximate surface area is 153 Å². The van der Waals surface area contributed by atoms with Gasteiger partial charge in [-0.2, -0.15) is 0 Å². The zero-order valence-corrected chi connectivity index (χ0v) is 15.3. The van der Waals surface area contributed by atoms with Crippen molar-refractivity contribution < 1.29 is 24.2 Å². The van der Waals surface area contributed by atoms with Gasteiger partial charge in [0.25, 0.3) is 0 Å². The van der Waals surface area contributed by atoms with Gasteiger partial charge in [-0.3, -0.25) is 14.5 Å². The van der Waals surface area contributed by atoms with Crippen LogP contribution in [0.4, 0.5) is 5.69 Å². The largest absolute Gasteiger partial charge is 0.384 e. The molecule has 144 valence electrons. The van der Waals surface area contributed by atoms with E-state index in [0.29, 0.717) is 26.2 Å². The minimum atomic E-state index is -1.16. The predicted molar refractivity (Wildman–Crippen MR) is 96.7 cm³/mol. The topological polar surface area (TPSA) is 100 Å². The molecule has 1 aliphatic rings. The zero-order valence-electron chi connectivity index (χ0n) is 15.3. The number of hydrogen-bond donors (Lipinski definition) is 3. The number of aliphatic hydroxyl groups is 1. The molecule has 0 spiro atoms. The van der Waals surface area contributed by atoms with Crippen LogP contribution in [0.1, 0.15) is 12.5 Å². The number of carbonyl (C=O) groups excluding carboxylic acids is 2. The minimum absolute atomic E-state index is 0.0404. The molecular weight excluding hydrogens is 338 g/mol. The summed E-state index contributed by atoms with van der Waals surface area (Å²) < 4.78 is 10.3. The number of methoxy groups -OCH3 is 1. The highest BCUT2D eigenvalue weighted by atomic mass is 16.5. The number of hydrogen-bond acceptors (Lipinski definition) is 6. The molecule has 1 atom stereocenters. The first-order valence-corrected chi connectivity index (χ1v) is 8.55. The third kappa shape index (κ3) is 6.72. The van der Waals surface area contributed by atoms with E-state index in [1.165, 1.54) is 14.0 Å². The molecule has 1 fully saturated rings. The van der Waals surface area contributed by atoms with Crippen molar-refractivity contribution in [2.45, 2.75) is 19.1 Å². The molecule has 1 unspecified atom stereocenters. The van der Waals surface area contributed by atoms with Crippen LogP contribution in [0.25, 0.3) is 0 Å². The highest BCUT2D eigenvalue weighted by Gasteiger charge is 2.32. The van der Waals surface area contributed by atoms with Crippen LogP contribution in [0.2, 0.25) is 0 Å². The molecule has 1 aromatic carbocycles. The molecule has 0 aromatic heterocycles. The molecule has 8 nitrogen and oxygen atoms in total. The van der Waals surface area contributed by atoms with Gasteiger partial charge in [0.1, 0.15) is 12.2 Å². The Hall–Kier alpha value is -2.00. The molecule has 1 aliphatic heterocycles. The van der Waals surface area contributed by atoms with Crippen molar-refractivity contribution in [1.29, 1.82) is 0 Å². The van der Waals surface area contributed by atoms with Gasteiger partial charge in [-0.1, -0.05) is 12.1 Å². The maximum Gasteiger partial charge on any atom is 0.246 e. The van der Waals surface area contributed by atoms with Crippen LogP contribution in [0.15, 0.2) is 24.3 Å². The molecule has 1 heterocycles. The van der Waals surface area contributed by atoms with Gasteiger partial charge in [0.15, 0.2) is 0 Å². The third-order valence-electron chi connectivity index (χ3n) is 4.01. The van der Waals surface area contributed by atoms with E-state index in [-0.39, 0.29) is 31.6 Å². The lowest BCUT2D eigenvalue weighted by atomic mass is 10.0. The highest BCUT2D eigenvalue weighted by molar-refractivity contribution is 5.88. The Kier molecular flexibility index (Phi) is 7.52. The Balaban J connectivity index is 1.93. The highest BCUT2D eigenvalue weighted by Crippen LogP contribution is 2.16. The summed E-state index contributed by atoms with van der Waals surface area (Å²) in [6, 6.07) is 7.58. The van der Waals surface area contributed by atoms with Crippen LogP contribution in [0.3, 0.4) is 0 Å². The fourth-order valence-electron chi connectivity index (χ4n) is 2.84. The first-order chi connectivity index (χ1) is 12.4. The van der Waals surface area contributed by atoms with Crippen molar-refractivity contribution in [1.82, 2.24) is 10.2 Å². The molecule has 26 heavy (non-hydrogen) atoms. The van der Waals surface area contributed by atoms with Gasteiger partial charge in [-0.25, -0.2) is 0 Å². The van der Waals surface area contributed by atoms with Crippen LogP contribution in [0.5, 0.6) is 0 Å². The molecule has 0 saturated carbocycles. The van der Waals surface area contributed by atoms with Gasteiger partial charge >= 0.3 is 0 Å². The van der Waals surface area contributed by atoms with Gasteiger partial charge in [-0.15, -0.1) is 0 Å². The summed E-state index contributed by atoms with van der Waals surface area (Å²) in [6.07, 6.45) is 0. The van der Waals surface area contributed by atoms with Gasteiger partial charge in [0.2, 0.25) is 11.8 Å². The molecule has 8 heteroatoms. The second-order valence-electron chi connectivity index (χ2n) is 6.58. The van der Waals surface area contributed by atoms with E-state index in [2.05, 4.69) is 15.5 Å². The van der Waals surface area contributed by atoms with Crippen LogP contribution in [-0.4, -0.2) is 74.0 Å². The van der Waals surface area contributed by atoms with E-state index in [0.717, 1.165) is 11.3 Å². The molecule has 3 N–H and O–H groups in total. The average molecular weight is 365 g/mol. The molecule has 0 aliphatic carbocycles. The minimum Gasteiger partial charge on any atom is -0.384 e. The number of ether oxygens (including phenoxy) is 2. The van der Waals surface area contributed by atoms with Crippen molar-refractivity contribution in [2.24, 2.45) is 0 Å². The first kappa shape index (κ1) is 20.3. The van der Waals surface area contributed by atoms with Crippen LogP contribution < -0.4 is 10.6 Å². The van der Waals surface area contributed by atoms with Crippen molar-refractivity contribution in [3.05, 3.63) is 29.8 Å². The van der Waals surface area contributed by atoms with Gasteiger partial charge < -0.3 is 25.2 Å². The van der Waals surface area contributed by atoms with E-state index in [4.69, 9.17) is 9.47 Å². The fraction of sp³-hybridized carbons (Fsp3) is 0.556. The van der Waals surface area contributed by atoms with Gasteiger partial charge in [-0.05, 0) is 17.7 Å². The van der Waals surface area contributed by atoms with Crippen molar-refractivity contribution in [3.8, 4) is 0 Å². The van der Waals surface area contributed by atoms with E-state index < -0.39 is 5.60 Å². The number of carbonyl (C=O) groups is 2. The monoisotopic (exact) mass is 365 g/mol. The lowest BCUT2D eigenvalue weighted by Crippen LogP contribution is -2.52. The molecule has 1 aromatic rings. The molecule has 0 radical (unpaired) electrons. The molecule has 2 rings (SSSR count). The number of rotatable bonds is 7. The smallest absolute Gasteiger partial charge is 0.246 e. The maximum absolute atomic E-state index is 11.6. The van der Waals surface area contributed by atoms with Crippen LogP contribution in [0, 0.1) is 0 Å². The second-order valence-corrected chi connectivity index (χ2v) is 6.58. The summed E-state index contributed by atoms with van der Waals surface area (Å²) in [4.78, 5) is 24.7. The Bertz CT molecular complexity index is 607. The number of anilines is 1. The number of nitrogens with one attached hydrogen (secondary N) is 2. The quantitative estimate of drug-likeness (QED) is 0.628. The SMILES string of the molecule is COCC(=O)NCC1(O)COCCN(Cc2ccc(NC(C)=O)cc2)C1. The lowest BCUT2D eigenvalue weighted by molar-refractivity contribution is -0.126. The summed E-state index contributed by atoms with van der Waals surface area (Å²) in [6.45, 7) is 3.91. The molecule has 0 bridgehead atoms. The lowest BCUT2D eigenvalue weighted by Gasteiger charge is -2.31. The molecule has 1 saturated heterocycles. The number of β-amino-alcohol motifs (C(OH)–C–C–N with tert-alkyl or cyclic N) is 1. The summed E-state index contributed by atoms with van der Waals surface area (Å²) in [5.41, 5.74) is 0.653. The second kappa shape index (κ2) is 9.63. The summed E-state index contributed by atoms with van der Waals surface area (Å²) in [5, 5.41) is 16.2. The van der Waals surface area contributed by atoms with E-state index in [9.17, 15) is 14.7 Å². The third-order valence-corrected chi connectivity index (χ3v) is 4.01. The van der Waals surface area contributed by atoms with Crippen molar-refractivity contribution in [2.75, 3.05) is 51.9 Å². The predicted octanol–water partition coefficient (Wildman–Crippen LogP) is -0.0291. The van der Waals surface area contributed by atoms with Gasteiger partial charge in [0.05, 0.1) is 13.2 Å². The Morgan fingerprint density at radius 2 is 2.08 bits per heavy atom. The number of amides is 2. The number of nitrogens with zero attached hydrogens (tertiary/aromatic N) is 1. The van der Waals surface area contributed by atoms with Gasteiger partial charge in [0, 0.05) is 45.9 Å². The first-order valence-electron chi connectivity index (χ1n) is 8.55. The van der Waals surface area contributed by atoms with E-state index in [1.807, 2.05) is 24.3 Å². The summed E-state index contributed by atoms with van der Waals surface area (Å²) >= 11 is 0. The number of benzene rings is 1. The fourth-order valence-corrected chi connectivity index (χ4v) is 2.84. The Morgan fingerprint density at radius 1 is 1.35 bits per heavy atom. The average Bonchev–Trinajstić information content (AvgIpc) is 2.77. The normalized spacial score (nSPS) is 21.0. The summed E-state index contributed by atoms with van der Waals surface area (Å²) in [5.74, 6) is -0.381.